The molecular formula is C29H40N2O4. The number of carbonyl (C=O) groups is 2. The molecule has 35 heavy (non-hydrogen) atoms. The molecule has 0 aliphatic heterocycles. The molecule has 3 rings (SSSR count). The summed E-state index contributed by atoms with van der Waals surface area (Å²) in [4.78, 5) is 28.2. The quantitative estimate of drug-likeness (QED) is 0.449. The summed E-state index contributed by atoms with van der Waals surface area (Å²) in [6.07, 6.45) is 6.45. The molecule has 6 heteroatoms. The predicted octanol–water partition coefficient (Wildman–Crippen LogP) is 5.28. The van der Waals surface area contributed by atoms with Crippen molar-refractivity contribution in [3.05, 3.63) is 59.7 Å². The summed E-state index contributed by atoms with van der Waals surface area (Å²) >= 11 is 0. The van der Waals surface area contributed by atoms with Gasteiger partial charge in [-0.05, 0) is 63.3 Å². The molecule has 0 saturated heterocycles. The minimum Gasteiger partial charge on any atom is -0.490 e. The Morgan fingerprint density at radius 1 is 0.943 bits per heavy atom. The first-order valence-corrected chi connectivity index (χ1v) is 13.0. The van der Waals surface area contributed by atoms with Crippen molar-refractivity contribution < 1.29 is 19.1 Å². The second-order valence-corrected chi connectivity index (χ2v) is 9.17. The van der Waals surface area contributed by atoms with Gasteiger partial charge in [-0.25, -0.2) is 0 Å². The highest BCUT2D eigenvalue weighted by atomic mass is 16.5. The maximum Gasteiger partial charge on any atom is 0.242 e. The van der Waals surface area contributed by atoms with Gasteiger partial charge in [0.05, 0.1) is 13.2 Å². The molecule has 190 valence electrons. The number of ether oxygens (including phenoxy) is 2. The summed E-state index contributed by atoms with van der Waals surface area (Å²) in [6, 6.07) is 15.4. The fourth-order valence-electron chi connectivity index (χ4n) is 4.58. The van der Waals surface area contributed by atoms with Crippen LogP contribution in [0.25, 0.3) is 0 Å². The molecule has 1 atom stereocenters. The van der Waals surface area contributed by atoms with E-state index in [1.165, 1.54) is 6.42 Å². The first-order chi connectivity index (χ1) is 17.0. The van der Waals surface area contributed by atoms with E-state index in [0.29, 0.717) is 44.1 Å². The monoisotopic (exact) mass is 480 g/mol. The molecule has 1 aliphatic carbocycles. The number of carbonyl (C=O) groups excluding carboxylic acids is 2. The van der Waals surface area contributed by atoms with E-state index in [9.17, 15) is 9.59 Å². The molecule has 2 aromatic carbocycles. The van der Waals surface area contributed by atoms with E-state index >= 15 is 0 Å². The van der Waals surface area contributed by atoms with Crippen LogP contribution in [0.2, 0.25) is 0 Å². The van der Waals surface area contributed by atoms with Crippen LogP contribution in [0.1, 0.15) is 70.4 Å². The average molecular weight is 481 g/mol. The average Bonchev–Trinajstić information content (AvgIpc) is 2.88. The van der Waals surface area contributed by atoms with Crippen LogP contribution in [0.4, 0.5) is 0 Å². The Hall–Kier alpha value is -3.02. The third-order valence-electron chi connectivity index (χ3n) is 6.55. The Balaban J connectivity index is 1.70. The van der Waals surface area contributed by atoms with Crippen molar-refractivity contribution in [1.29, 1.82) is 0 Å². The number of amides is 2. The van der Waals surface area contributed by atoms with Gasteiger partial charge < -0.3 is 19.7 Å². The van der Waals surface area contributed by atoms with E-state index in [4.69, 9.17) is 9.47 Å². The minimum atomic E-state index is -0.538. The van der Waals surface area contributed by atoms with Crippen LogP contribution in [-0.4, -0.2) is 42.0 Å². The van der Waals surface area contributed by atoms with E-state index in [0.717, 1.165) is 36.8 Å². The van der Waals surface area contributed by atoms with Crippen LogP contribution in [0.3, 0.4) is 0 Å². The Morgan fingerprint density at radius 3 is 2.31 bits per heavy atom. The van der Waals surface area contributed by atoms with Crippen LogP contribution in [0, 0.1) is 0 Å². The molecule has 2 aromatic rings. The van der Waals surface area contributed by atoms with Crippen molar-refractivity contribution in [2.75, 3.05) is 13.2 Å². The van der Waals surface area contributed by atoms with Crippen LogP contribution < -0.4 is 14.8 Å². The van der Waals surface area contributed by atoms with Gasteiger partial charge in [0, 0.05) is 19.0 Å². The zero-order chi connectivity index (χ0) is 25.0. The number of benzene rings is 2. The molecule has 1 saturated carbocycles. The van der Waals surface area contributed by atoms with Crippen molar-refractivity contribution in [2.24, 2.45) is 0 Å². The third-order valence-corrected chi connectivity index (χ3v) is 6.55. The van der Waals surface area contributed by atoms with Gasteiger partial charge in [-0.3, -0.25) is 9.59 Å². The number of rotatable bonds is 12. The molecule has 0 bridgehead atoms. The standard InChI is InChI=1S/C29H40N2O4/c1-4-34-26-18-16-23(20-27(26)35-5-2)17-19-28(32)31(21-24-12-8-6-9-13-24)22(3)29(33)30-25-14-10-7-11-15-25/h6,8-9,12-13,16,18,20,22,25H,4-5,7,10-11,14-15,17,19,21H2,1-3H3,(H,30,33). The second kappa shape index (κ2) is 13.8. The maximum absolute atomic E-state index is 13.4. The molecule has 0 aromatic heterocycles. The summed E-state index contributed by atoms with van der Waals surface area (Å²) in [5.74, 6) is 1.30. The van der Waals surface area contributed by atoms with Gasteiger partial charge in [0.25, 0.3) is 0 Å². The highest BCUT2D eigenvalue weighted by Gasteiger charge is 2.28. The smallest absolute Gasteiger partial charge is 0.242 e. The number of nitrogens with one attached hydrogen (secondary N) is 1. The Morgan fingerprint density at radius 2 is 1.63 bits per heavy atom. The van der Waals surface area contributed by atoms with Crippen LogP contribution in [0.15, 0.2) is 48.5 Å². The summed E-state index contributed by atoms with van der Waals surface area (Å²) < 4.78 is 11.4. The van der Waals surface area contributed by atoms with E-state index < -0.39 is 6.04 Å². The summed E-state index contributed by atoms with van der Waals surface area (Å²) in [7, 11) is 0. The van der Waals surface area contributed by atoms with E-state index in [1.807, 2.05) is 69.3 Å². The zero-order valence-corrected chi connectivity index (χ0v) is 21.4. The Labute approximate surface area is 210 Å². The van der Waals surface area contributed by atoms with Gasteiger partial charge in [-0.2, -0.15) is 0 Å². The molecular weight excluding hydrogens is 440 g/mol. The third kappa shape index (κ3) is 8.01. The van der Waals surface area contributed by atoms with Gasteiger partial charge in [-0.1, -0.05) is 55.7 Å². The topological polar surface area (TPSA) is 67.9 Å². The fourth-order valence-corrected chi connectivity index (χ4v) is 4.58. The lowest BCUT2D eigenvalue weighted by atomic mass is 9.95. The maximum atomic E-state index is 13.4. The summed E-state index contributed by atoms with van der Waals surface area (Å²) in [6.45, 7) is 7.23. The van der Waals surface area contributed by atoms with Crippen LogP contribution in [-0.2, 0) is 22.6 Å². The minimum absolute atomic E-state index is 0.0352. The lowest BCUT2D eigenvalue weighted by Gasteiger charge is -2.31. The molecule has 1 aliphatic rings. The highest BCUT2D eigenvalue weighted by molar-refractivity contribution is 5.87. The van der Waals surface area contributed by atoms with Crippen LogP contribution >= 0.6 is 0 Å². The van der Waals surface area contributed by atoms with Crippen molar-refractivity contribution >= 4 is 11.8 Å². The lowest BCUT2D eigenvalue weighted by molar-refractivity contribution is -0.141. The van der Waals surface area contributed by atoms with Gasteiger partial charge in [0.15, 0.2) is 11.5 Å². The fraction of sp³-hybridized carbons (Fsp3) is 0.517. The summed E-state index contributed by atoms with van der Waals surface area (Å²) in [5.41, 5.74) is 2.02. The predicted molar refractivity (Wildman–Crippen MR) is 139 cm³/mol. The molecule has 1 N–H and O–H groups in total. The van der Waals surface area contributed by atoms with Gasteiger partial charge in [-0.15, -0.1) is 0 Å². The molecule has 2 amide bonds. The normalized spacial score (nSPS) is 14.7. The number of nitrogens with zero attached hydrogens (tertiary/aromatic N) is 1. The largest absolute Gasteiger partial charge is 0.490 e. The second-order valence-electron chi connectivity index (χ2n) is 9.17. The molecule has 1 unspecified atom stereocenters. The molecule has 1 fully saturated rings. The number of hydrogen-bond acceptors (Lipinski definition) is 4. The summed E-state index contributed by atoms with van der Waals surface area (Å²) in [5, 5.41) is 3.19. The molecule has 0 radical (unpaired) electrons. The number of aryl methyl sites for hydroxylation is 1. The van der Waals surface area contributed by atoms with Crippen molar-refractivity contribution in [2.45, 2.75) is 84.3 Å². The van der Waals surface area contributed by atoms with E-state index in [2.05, 4.69) is 5.32 Å². The Kier molecular flexibility index (Phi) is 10.5. The van der Waals surface area contributed by atoms with E-state index in [1.54, 1.807) is 4.90 Å². The first kappa shape index (κ1) is 26.6. The molecule has 0 heterocycles. The zero-order valence-electron chi connectivity index (χ0n) is 21.4. The SMILES string of the molecule is CCOc1ccc(CCC(=O)N(Cc2ccccc2)C(C)C(=O)NC2CCCCC2)cc1OCC. The van der Waals surface area contributed by atoms with Crippen molar-refractivity contribution in [3.63, 3.8) is 0 Å². The molecule has 6 nitrogen and oxygen atoms in total. The lowest BCUT2D eigenvalue weighted by Crippen LogP contribution is -2.50. The van der Waals surface area contributed by atoms with Crippen molar-refractivity contribution in [3.8, 4) is 11.5 Å². The Bertz CT molecular complexity index is 941. The molecule has 0 spiro atoms. The number of hydrogen-bond donors (Lipinski definition) is 1. The highest BCUT2D eigenvalue weighted by Crippen LogP contribution is 2.29. The van der Waals surface area contributed by atoms with Crippen LogP contribution in [0.5, 0.6) is 11.5 Å². The first-order valence-electron chi connectivity index (χ1n) is 13.0. The van der Waals surface area contributed by atoms with Gasteiger partial charge in [0.1, 0.15) is 6.04 Å². The van der Waals surface area contributed by atoms with Gasteiger partial charge >= 0.3 is 0 Å². The van der Waals surface area contributed by atoms with E-state index in [-0.39, 0.29) is 17.9 Å². The van der Waals surface area contributed by atoms with Crippen molar-refractivity contribution in [1.82, 2.24) is 10.2 Å². The van der Waals surface area contributed by atoms with Gasteiger partial charge in [0.2, 0.25) is 11.8 Å².